The summed E-state index contributed by atoms with van der Waals surface area (Å²) in [5.41, 5.74) is 0.982. The van der Waals surface area contributed by atoms with Crippen molar-refractivity contribution in [3.8, 4) is 0 Å². The second kappa shape index (κ2) is 13.4. The quantitative estimate of drug-likeness (QED) is 0.304. The van der Waals surface area contributed by atoms with Crippen molar-refractivity contribution in [1.82, 2.24) is 10.2 Å². The molecule has 3 rings (SSSR count). The molecule has 1 N–H and O–H groups in total. The monoisotopic (exact) mass is 603 g/mol. The van der Waals surface area contributed by atoms with E-state index < -0.39 is 46.2 Å². The summed E-state index contributed by atoms with van der Waals surface area (Å²) in [6, 6.07) is 15.9. The van der Waals surface area contributed by atoms with Crippen molar-refractivity contribution >= 4 is 27.5 Å². The minimum Gasteiger partial charge on any atom is -0.354 e. The Balaban J connectivity index is 2.09. The fourth-order valence-electron chi connectivity index (χ4n) is 4.21. The number of benzene rings is 3. The number of aryl methyl sites for hydroxylation is 2. The van der Waals surface area contributed by atoms with Crippen LogP contribution in [0.2, 0.25) is 0 Å². The van der Waals surface area contributed by atoms with E-state index in [1.165, 1.54) is 30.0 Å². The van der Waals surface area contributed by atoms with Gasteiger partial charge in [-0.3, -0.25) is 13.9 Å². The molecule has 3 aromatic carbocycles. The van der Waals surface area contributed by atoms with Crippen molar-refractivity contribution in [2.45, 2.75) is 58.3 Å². The van der Waals surface area contributed by atoms with Crippen LogP contribution < -0.4 is 9.62 Å². The number of carbonyl (C=O) groups is 2. The summed E-state index contributed by atoms with van der Waals surface area (Å²) in [6.45, 7) is 8.52. The number of nitrogens with zero attached hydrogens (tertiary/aromatic N) is 2. The molecular weight excluding hydrogens is 567 g/mol. The Bertz CT molecular complexity index is 1510. The maximum atomic E-state index is 14.0. The standard InChI is InChI=1S/C31H36F3N3O4S/c1-21(2)18-35-30(39)24(5)36(19-25-10-7-6-9-23(25)4)29(38)20-37(27-12-8-11-26(17-27)31(32,33)34)42(40,41)28-15-13-22(3)14-16-28/h6-17,21,24H,18-20H2,1-5H3,(H,35,39)/t24-/m0/s1. The van der Waals surface area contributed by atoms with E-state index in [1.54, 1.807) is 31.2 Å². The lowest BCUT2D eigenvalue weighted by molar-refractivity contribution is -0.139. The van der Waals surface area contributed by atoms with E-state index in [1.807, 2.05) is 32.9 Å². The molecule has 2 amide bonds. The normalized spacial score (nSPS) is 12.6. The van der Waals surface area contributed by atoms with Crippen molar-refractivity contribution in [2.24, 2.45) is 5.92 Å². The van der Waals surface area contributed by atoms with Gasteiger partial charge in [-0.2, -0.15) is 13.2 Å². The van der Waals surface area contributed by atoms with Crippen LogP contribution in [-0.2, 0) is 32.3 Å². The second-order valence-corrected chi connectivity index (χ2v) is 12.5. The first-order valence-corrected chi connectivity index (χ1v) is 14.9. The topological polar surface area (TPSA) is 86.8 Å². The lowest BCUT2D eigenvalue weighted by atomic mass is 10.1. The fraction of sp³-hybridized carbons (Fsp3) is 0.355. The molecule has 0 saturated carbocycles. The average molecular weight is 604 g/mol. The summed E-state index contributed by atoms with van der Waals surface area (Å²) in [5, 5.41) is 2.80. The lowest BCUT2D eigenvalue weighted by Gasteiger charge is -2.32. The third kappa shape index (κ3) is 8.12. The van der Waals surface area contributed by atoms with E-state index in [0.717, 1.165) is 28.8 Å². The van der Waals surface area contributed by atoms with E-state index >= 15 is 0 Å². The van der Waals surface area contributed by atoms with Gasteiger partial charge >= 0.3 is 6.18 Å². The van der Waals surface area contributed by atoms with Crippen molar-refractivity contribution in [3.05, 3.63) is 95.1 Å². The van der Waals surface area contributed by atoms with Crippen molar-refractivity contribution in [3.63, 3.8) is 0 Å². The zero-order chi connectivity index (χ0) is 31.2. The molecule has 0 aliphatic rings. The molecular formula is C31H36F3N3O4S. The molecule has 226 valence electrons. The second-order valence-electron chi connectivity index (χ2n) is 10.6. The molecule has 42 heavy (non-hydrogen) atoms. The SMILES string of the molecule is Cc1ccc(S(=O)(=O)N(CC(=O)N(Cc2ccccc2C)[C@@H](C)C(=O)NCC(C)C)c2cccc(C(F)(F)F)c2)cc1. The van der Waals surface area contributed by atoms with Gasteiger partial charge in [0.05, 0.1) is 16.1 Å². The highest BCUT2D eigenvalue weighted by molar-refractivity contribution is 7.92. The number of hydrogen-bond acceptors (Lipinski definition) is 4. The molecule has 0 aromatic heterocycles. The Hall–Kier alpha value is -3.86. The molecule has 0 aliphatic heterocycles. The highest BCUT2D eigenvalue weighted by atomic mass is 32.2. The first-order valence-electron chi connectivity index (χ1n) is 13.5. The number of hydrogen-bond donors (Lipinski definition) is 1. The van der Waals surface area contributed by atoms with E-state index in [9.17, 15) is 31.2 Å². The largest absolute Gasteiger partial charge is 0.416 e. The minimum atomic E-state index is -4.74. The Morgan fingerprint density at radius 1 is 0.905 bits per heavy atom. The molecule has 1 atom stereocenters. The summed E-state index contributed by atoms with van der Waals surface area (Å²) in [5.74, 6) is -1.03. The Morgan fingerprint density at radius 2 is 1.55 bits per heavy atom. The van der Waals surface area contributed by atoms with Crippen LogP contribution in [0.3, 0.4) is 0 Å². The van der Waals surface area contributed by atoms with Crippen LogP contribution >= 0.6 is 0 Å². The van der Waals surface area contributed by atoms with Gasteiger partial charge < -0.3 is 10.2 Å². The van der Waals surface area contributed by atoms with Crippen LogP contribution in [0.15, 0.2) is 77.7 Å². The van der Waals surface area contributed by atoms with Gasteiger partial charge in [-0.15, -0.1) is 0 Å². The van der Waals surface area contributed by atoms with Crippen molar-refractivity contribution < 1.29 is 31.2 Å². The number of alkyl halides is 3. The van der Waals surface area contributed by atoms with Crippen LogP contribution in [0.1, 0.15) is 43.0 Å². The molecule has 0 bridgehead atoms. The van der Waals surface area contributed by atoms with Crippen LogP contribution in [-0.4, -0.2) is 44.3 Å². The van der Waals surface area contributed by atoms with Gasteiger partial charge in [0.15, 0.2) is 0 Å². The van der Waals surface area contributed by atoms with Crippen molar-refractivity contribution in [2.75, 3.05) is 17.4 Å². The average Bonchev–Trinajstić information content (AvgIpc) is 2.93. The number of halogens is 3. The highest BCUT2D eigenvalue weighted by Gasteiger charge is 2.35. The molecule has 0 heterocycles. The Labute approximate surface area is 245 Å². The van der Waals surface area contributed by atoms with Gasteiger partial charge in [-0.25, -0.2) is 8.42 Å². The fourth-order valence-corrected chi connectivity index (χ4v) is 5.62. The van der Waals surface area contributed by atoms with E-state index in [4.69, 9.17) is 0 Å². The zero-order valence-corrected chi connectivity index (χ0v) is 25.1. The van der Waals surface area contributed by atoms with Crippen LogP contribution in [0.25, 0.3) is 0 Å². The summed E-state index contributed by atoms with van der Waals surface area (Å²) in [7, 11) is -4.49. The molecule has 11 heteroatoms. The Morgan fingerprint density at radius 3 is 2.14 bits per heavy atom. The van der Waals surface area contributed by atoms with E-state index in [-0.39, 0.29) is 23.0 Å². The summed E-state index contributed by atoms with van der Waals surface area (Å²) in [6.07, 6.45) is -4.74. The van der Waals surface area contributed by atoms with Crippen LogP contribution in [0, 0.1) is 19.8 Å². The number of rotatable bonds is 11. The third-order valence-electron chi connectivity index (χ3n) is 6.80. The number of sulfonamides is 1. The number of carbonyl (C=O) groups excluding carboxylic acids is 2. The van der Waals surface area contributed by atoms with Crippen molar-refractivity contribution in [1.29, 1.82) is 0 Å². The molecule has 3 aromatic rings. The van der Waals surface area contributed by atoms with Gasteiger partial charge in [0.2, 0.25) is 11.8 Å². The molecule has 0 unspecified atom stereocenters. The van der Waals surface area contributed by atoms with E-state index in [2.05, 4.69) is 5.32 Å². The zero-order valence-electron chi connectivity index (χ0n) is 24.3. The van der Waals surface area contributed by atoms with E-state index in [0.29, 0.717) is 16.9 Å². The predicted octanol–water partition coefficient (Wildman–Crippen LogP) is 5.71. The number of amides is 2. The summed E-state index contributed by atoms with van der Waals surface area (Å²) in [4.78, 5) is 28.1. The third-order valence-corrected chi connectivity index (χ3v) is 8.59. The Kier molecular flexibility index (Phi) is 10.4. The van der Waals surface area contributed by atoms with Crippen LogP contribution in [0.5, 0.6) is 0 Å². The number of nitrogens with one attached hydrogen (secondary N) is 1. The van der Waals surface area contributed by atoms with Gasteiger partial charge in [0, 0.05) is 13.1 Å². The van der Waals surface area contributed by atoms with Gasteiger partial charge in [-0.05, 0) is 68.1 Å². The van der Waals surface area contributed by atoms with Gasteiger partial charge in [0.1, 0.15) is 12.6 Å². The lowest BCUT2D eigenvalue weighted by Crippen LogP contribution is -2.51. The first-order chi connectivity index (χ1) is 19.6. The van der Waals surface area contributed by atoms with Gasteiger partial charge in [-0.1, -0.05) is 61.9 Å². The van der Waals surface area contributed by atoms with Gasteiger partial charge in [0.25, 0.3) is 10.0 Å². The van der Waals surface area contributed by atoms with Crippen LogP contribution in [0.4, 0.5) is 18.9 Å². The maximum Gasteiger partial charge on any atom is 0.416 e. The minimum absolute atomic E-state index is 0.0111. The highest BCUT2D eigenvalue weighted by Crippen LogP contribution is 2.33. The molecule has 0 radical (unpaired) electrons. The molecule has 0 saturated heterocycles. The maximum absolute atomic E-state index is 14.0. The molecule has 0 aliphatic carbocycles. The predicted molar refractivity (Wildman–Crippen MR) is 156 cm³/mol. The first kappa shape index (κ1) is 32.7. The molecule has 0 spiro atoms. The smallest absolute Gasteiger partial charge is 0.354 e. The summed E-state index contributed by atoms with van der Waals surface area (Å²) >= 11 is 0. The summed E-state index contributed by atoms with van der Waals surface area (Å²) < 4.78 is 69.2. The number of anilines is 1. The molecule has 0 fully saturated rings. The molecule has 7 nitrogen and oxygen atoms in total.